The van der Waals surface area contributed by atoms with Crippen molar-refractivity contribution in [1.29, 1.82) is 0 Å². The Morgan fingerprint density at radius 3 is 2.66 bits per heavy atom. The molecule has 0 bridgehead atoms. The Morgan fingerprint density at radius 2 is 1.90 bits per heavy atom. The van der Waals surface area contributed by atoms with Crippen molar-refractivity contribution in [2.24, 2.45) is 5.10 Å². The maximum absolute atomic E-state index is 12.5. The van der Waals surface area contributed by atoms with Gasteiger partial charge in [0.1, 0.15) is 11.1 Å². The van der Waals surface area contributed by atoms with E-state index < -0.39 is 0 Å². The van der Waals surface area contributed by atoms with Crippen LogP contribution in [-0.2, 0) is 0 Å². The number of hydrogen-bond donors (Lipinski definition) is 1. The highest BCUT2D eigenvalue weighted by molar-refractivity contribution is 6.30. The first-order valence-electron chi connectivity index (χ1n) is 9.26. The molecule has 1 aliphatic heterocycles. The van der Waals surface area contributed by atoms with E-state index >= 15 is 0 Å². The molecule has 0 fully saturated rings. The minimum absolute atomic E-state index is 0.00696. The smallest absolute Gasteiger partial charge is 0.262 e. The van der Waals surface area contributed by atoms with E-state index in [0.29, 0.717) is 33.9 Å². The van der Waals surface area contributed by atoms with Crippen LogP contribution in [0.5, 0.6) is 0 Å². The molecule has 0 amide bonds. The maximum atomic E-state index is 12.5. The predicted octanol–water partition coefficient (Wildman–Crippen LogP) is 4.83. The number of nitrogens with one attached hydrogen (secondary N) is 1. The van der Waals surface area contributed by atoms with Gasteiger partial charge in [0.25, 0.3) is 5.56 Å². The van der Waals surface area contributed by atoms with E-state index in [2.05, 4.69) is 22.1 Å². The second kappa shape index (κ2) is 6.90. The molecule has 0 saturated carbocycles. The first-order valence-corrected chi connectivity index (χ1v) is 9.64. The van der Waals surface area contributed by atoms with Gasteiger partial charge in [-0.1, -0.05) is 41.9 Å². The number of hydrazone groups is 1. The van der Waals surface area contributed by atoms with Crippen molar-refractivity contribution in [1.82, 2.24) is 9.97 Å². The summed E-state index contributed by atoms with van der Waals surface area (Å²) in [4.78, 5) is 19.3. The maximum Gasteiger partial charge on any atom is 0.262 e. The second-order valence-corrected chi connectivity index (χ2v) is 7.38. The van der Waals surface area contributed by atoms with Crippen molar-refractivity contribution in [2.45, 2.75) is 19.4 Å². The summed E-state index contributed by atoms with van der Waals surface area (Å²) in [7, 11) is 0. The average Bonchev–Trinajstić information content (AvgIpc) is 3.30. The number of aromatic amines is 1. The highest BCUT2D eigenvalue weighted by Gasteiger charge is 2.33. The molecular formula is C22H17ClN4O2. The van der Waals surface area contributed by atoms with Gasteiger partial charge < -0.3 is 9.40 Å². The van der Waals surface area contributed by atoms with Crippen molar-refractivity contribution in [3.63, 3.8) is 0 Å². The van der Waals surface area contributed by atoms with E-state index in [0.717, 1.165) is 17.0 Å². The third kappa shape index (κ3) is 3.02. The molecule has 4 aromatic rings. The molecule has 2 aromatic carbocycles. The normalized spacial score (nSPS) is 16.4. The average molecular weight is 405 g/mol. The van der Waals surface area contributed by atoms with Crippen molar-refractivity contribution >= 4 is 34.1 Å². The summed E-state index contributed by atoms with van der Waals surface area (Å²) < 4.78 is 5.74. The van der Waals surface area contributed by atoms with E-state index in [1.54, 1.807) is 0 Å². The van der Waals surface area contributed by atoms with Gasteiger partial charge in [-0.2, -0.15) is 5.10 Å². The van der Waals surface area contributed by atoms with Crippen LogP contribution >= 0.6 is 11.6 Å². The Bertz CT molecular complexity index is 1280. The van der Waals surface area contributed by atoms with Gasteiger partial charge in [-0.15, -0.1) is 0 Å². The SMILES string of the molecule is Cc1oc2nc[nH]c(=O)c2c1C1=NN(c2ccc(Cl)cc2)C(c2ccccc2)C1. The van der Waals surface area contributed by atoms with Crippen LogP contribution in [0, 0.1) is 6.92 Å². The fraction of sp³-hybridized carbons (Fsp3) is 0.136. The van der Waals surface area contributed by atoms with Crippen LogP contribution in [0.25, 0.3) is 11.1 Å². The molecule has 7 heteroatoms. The lowest BCUT2D eigenvalue weighted by atomic mass is 9.97. The summed E-state index contributed by atoms with van der Waals surface area (Å²) in [5.74, 6) is 0.632. The van der Waals surface area contributed by atoms with Crippen LogP contribution in [0.2, 0.25) is 5.02 Å². The van der Waals surface area contributed by atoms with E-state index in [1.807, 2.05) is 54.4 Å². The zero-order chi connectivity index (χ0) is 20.0. The summed E-state index contributed by atoms with van der Waals surface area (Å²) in [5, 5.41) is 7.99. The Kier molecular flexibility index (Phi) is 4.21. The molecule has 29 heavy (non-hydrogen) atoms. The second-order valence-electron chi connectivity index (χ2n) is 6.94. The van der Waals surface area contributed by atoms with Gasteiger partial charge in [-0.05, 0) is 36.8 Å². The molecule has 1 unspecified atom stereocenters. The summed E-state index contributed by atoms with van der Waals surface area (Å²) in [6.07, 6.45) is 1.98. The van der Waals surface area contributed by atoms with Crippen molar-refractivity contribution < 1.29 is 4.42 Å². The monoisotopic (exact) mass is 404 g/mol. The summed E-state index contributed by atoms with van der Waals surface area (Å²) in [6.45, 7) is 1.83. The first-order chi connectivity index (χ1) is 14.1. The molecule has 0 spiro atoms. The molecule has 1 N–H and O–H groups in total. The highest BCUT2D eigenvalue weighted by atomic mass is 35.5. The summed E-state index contributed by atoms with van der Waals surface area (Å²) in [5.41, 5.74) is 3.67. The number of furan rings is 1. The van der Waals surface area contributed by atoms with Crippen molar-refractivity contribution in [2.75, 3.05) is 5.01 Å². The van der Waals surface area contributed by atoms with Crippen LogP contribution in [-0.4, -0.2) is 15.7 Å². The minimum Gasteiger partial charge on any atom is -0.442 e. The fourth-order valence-corrected chi connectivity index (χ4v) is 3.95. The lowest BCUT2D eigenvalue weighted by Gasteiger charge is -2.24. The lowest BCUT2D eigenvalue weighted by molar-refractivity contribution is 0.565. The quantitative estimate of drug-likeness (QED) is 0.530. The van der Waals surface area contributed by atoms with Crippen LogP contribution in [0.15, 0.2) is 75.2 Å². The Balaban J connectivity index is 1.67. The van der Waals surface area contributed by atoms with Crippen LogP contribution in [0.4, 0.5) is 5.69 Å². The molecule has 0 saturated heterocycles. The van der Waals surface area contributed by atoms with Crippen LogP contribution in [0.1, 0.15) is 29.3 Å². The summed E-state index contributed by atoms with van der Waals surface area (Å²) in [6, 6.07) is 17.8. The predicted molar refractivity (Wildman–Crippen MR) is 114 cm³/mol. The number of benzene rings is 2. The van der Waals surface area contributed by atoms with Gasteiger partial charge in [0.15, 0.2) is 0 Å². The number of anilines is 1. The Hall–Kier alpha value is -3.38. The first kappa shape index (κ1) is 17.7. The van der Waals surface area contributed by atoms with Crippen molar-refractivity contribution in [3.8, 4) is 0 Å². The van der Waals surface area contributed by atoms with Gasteiger partial charge in [-0.3, -0.25) is 9.80 Å². The molecule has 3 heterocycles. The number of H-pyrrole nitrogens is 1. The number of hydrogen-bond acceptors (Lipinski definition) is 5. The number of aryl methyl sites for hydroxylation is 1. The molecule has 144 valence electrons. The third-order valence-corrected chi connectivity index (χ3v) is 5.40. The number of halogens is 1. The number of fused-ring (bicyclic) bond motifs is 1. The minimum atomic E-state index is -0.231. The lowest BCUT2D eigenvalue weighted by Crippen LogP contribution is -2.18. The molecular weight excluding hydrogens is 388 g/mol. The number of aromatic nitrogens is 2. The van der Waals surface area contributed by atoms with E-state index in [9.17, 15) is 4.79 Å². The zero-order valence-electron chi connectivity index (χ0n) is 15.6. The number of nitrogens with zero attached hydrogens (tertiary/aromatic N) is 3. The Morgan fingerprint density at radius 1 is 1.14 bits per heavy atom. The van der Waals surface area contributed by atoms with Gasteiger partial charge in [0, 0.05) is 11.4 Å². The van der Waals surface area contributed by atoms with Gasteiger partial charge in [0.05, 0.1) is 29.3 Å². The van der Waals surface area contributed by atoms with E-state index in [-0.39, 0.29) is 11.6 Å². The molecule has 0 aliphatic carbocycles. The topological polar surface area (TPSA) is 74.5 Å². The van der Waals surface area contributed by atoms with Crippen LogP contribution in [0.3, 0.4) is 0 Å². The molecule has 0 radical (unpaired) electrons. The molecule has 1 atom stereocenters. The molecule has 2 aromatic heterocycles. The molecule has 6 nitrogen and oxygen atoms in total. The van der Waals surface area contributed by atoms with Crippen LogP contribution < -0.4 is 10.6 Å². The standard InChI is InChI=1S/C22H17ClN4O2/c1-13-19(20-21(28)24-12-25-22(20)29-13)17-11-18(14-5-3-2-4-6-14)27(26-17)16-9-7-15(23)8-10-16/h2-10,12,18H,11H2,1H3,(H,24,25,28). The molecule has 1 aliphatic rings. The van der Waals surface area contributed by atoms with Gasteiger partial charge in [0.2, 0.25) is 5.71 Å². The van der Waals surface area contributed by atoms with E-state index in [4.69, 9.17) is 21.1 Å². The highest BCUT2D eigenvalue weighted by Crippen LogP contribution is 2.38. The van der Waals surface area contributed by atoms with Gasteiger partial charge in [-0.25, -0.2) is 4.98 Å². The zero-order valence-corrected chi connectivity index (χ0v) is 16.3. The van der Waals surface area contributed by atoms with E-state index in [1.165, 1.54) is 6.33 Å². The summed E-state index contributed by atoms with van der Waals surface area (Å²) >= 11 is 6.07. The number of rotatable bonds is 3. The molecule has 5 rings (SSSR count). The Labute approximate surface area is 171 Å². The van der Waals surface area contributed by atoms with Gasteiger partial charge >= 0.3 is 0 Å². The largest absolute Gasteiger partial charge is 0.442 e. The van der Waals surface area contributed by atoms with Crippen molar-refractivity contribution in [3.05, 3.63) is 93.2 Å². The third-order valence-electron chi connectivity index (χ3n) is 5.14. The fourth-order valence-electron chi connectivity index (χ4n) is 3.83.